The summed E-state index contributed by atoms with van der Waals surface area (Å²) in [7, 11) is 0. The van der Waals surface area contributed by atoms with Crippen molar-refractivity contribution in [2.24, 2.45) is 17.3 Å². The molecule has 1 aliphatic carbocycles. The van der Waals surface area contributed by atoms with E-state index in [4.69, 9.17) is 4.74 Å². The monoisotopic (exact) mass is 281 g/mol. The summed E-state index contributed by atoms with van der Waals surface area (Å²) in [6.45, 7) is 10.2. The Bertz CT molecular complexity index is 275. The van der Waals surface area contributed by atoms with Gasteiger partial charge in [0, 0.05) is 18.6 Å². The molecular formula is C18H35NO. The van der Waals surface area contributed by atoms with E-state index in [9.17, 15) is 0 Å². The number of hydrogen-bond donors (Lipinski definition) is 1. The second-order valence-electron chi connectivity index (χ2n) is 7.58. The smallest absolute Gasteiger partial charge is 0.0672 e. The first-order valence-corrected chi connectivity index (χ1v) is 9.00. The lowest BCUT2D eigenvalue weighted by molar-refractivity contribution is 0.0250. The maximum absolute atomic E-state index is 6.17. The molecule has 2 rings (SSSR count). The lowest BCUT2D eigenvalue weighted by Gasteiger charge is -2.35. The van der Waals surface area contributed by atoms with Crippen LogP contribution in [0.1, 0.15) is 72.1 Å². The van der Waals surface area contributed by atoms with Crippen molar-refractivity contribution in [3.8, 4) is 0 Å². The molecule has 1 saturated heterocycles. The van der Waals surface area contributed by atoms with Crippen LogP contribution in [0.5, 0.6) is 0 Å². The molecule has 0 aromatic heterocycles. The average Bonchev–Trinajstić information content (AvgIpc) is 3.17. The predicted octanol–water partition coefficient (Wildman–Crippen LogP) is 4.39. The van der Waals surface area contributed by atoms with E-state index in [-0.39, 0.29) is 0 Å². The quantitative estimate of drug-likeness (QED) is 0.600. The Balaban J connectivity index is 1.87. The van der Waals surface area contributed by atoms with Crippen molar-refractivity contribution in [3.63, 3.8) is 0 Å². The minimum absolute atomic E-state index is 0.448. The van der Waals surface area contributed by atoms with E-state index in [1.54, 1.807) is 0 Å². The molecule has 2 unspecified atom stereocenters. The molecule has 0 bridgehead atoms. The zero-order valence-corrected chi connectivity index (χ0v) is 13.9. The van der Waals surface area contributed by atoms with Crippen LogP contribution in [0.2, 0.25) is 0 Å². The third kappa shape index (κ3) is 4.46. The SMILES string of the molecule is CCCCCCC1(CNCC(C)C)CCOC1C1CC1. The molecule has 2 heteroatoms. The van der Waals surface area contributed by atoms with E-state index in [0.29, 0.717) is 11.5 Å². The molecule has 0 spiro atoms. The molecule has 1 saturated carbocycles. The summed E-state index contributed by atoms with van der Waals surface area (Å²) in [4.78, 5) is 0. The van der Waals surface area contributed by atoms with Gasteiger partial charge >= 0.3 is 0 Å². The van der Waals surface area contributed by atoms with E-state index >= 15 is 0 Å². The van der Waals surface area contributed by atoms with Crippen molar-refractivity contribution in [2.75, 3.05) is 19.7 Å². The standard InChI is InChI=1S/C18H35NO/c1-4-5-6-7-10-18(14-19-13-15(2)3)11-12-20-17(18)16-8-9-16/h15-17,19H,4-14H2,1-3H3. The van der Waals surface area contributed by atoms with Crippen LogP contribution in [0.4, 0.5) is 0 Å². The van der Waals surface area contributed by atoms with E-state index in [1.807, 2.05) is 0 Å². The van der Waals surface area contributed by atoms with E-state index in [1.165, 1.54) is 57.9 Å². The second-order valence-corrected chi connectivity index (χ2v) is 7.58. The fourth-order valence-electron chi connectivity index (χ4n) is 3.80. The summed E-state index contributed by atoms with van der Waals surface area (Å²) in [5, 5.41) is 3.74. The summed E-state index contributed by atoms with van der Waals surface area (Å²) >= 11 is 0. The number of unbranched alkanes of at least 4 members (excludes halogenated alkanes) is 3. The summed E-state index contributed by atoms with van der Waals surface area (Å²) in [6.07, 6.45) is 11.6. The van der Waals surface area contributed by atoms with Crippen molar-refractivity contribution in [1.29, 1.82) is 0 Å². The molecule has 0 aromatic carbocycles. The number of rotatable bonds is 10. The minimum atomic E-state index is 0.448. The zero-order valence-electron chi connectivity index (χ0n) is 13.9. The van der Waals surface area contributed by atoms with Gasteiger partial charge in [-0.1, -0.05) is 46.5 Å². The first-order chi connectivity index (χ1) is 9.68. The summed E-state index contributed by atoms with van der Waals surface area (Å²) < 4.78 is 6.17. The van der Waals surface area contributed by atoms with Gasteiger partial charge in [0.25, 0.3) is 0 Å². The van der Waals surface area contributed by atoms with Crippen molar-refractivity contribution in [1.82, 2.24) is 5.32 Å². The van der Waals surface area contributed by atoms with Crippen molar-refractivity contribution < 1.29 is 4.74 Å². The van der Waals surface area contributed by atoms with Gasteiger partial charge in [0.2, 0.25) is 0 Å². The number of hydrogen-bond acceptors (Lipinski definition) is 2. The normalized spacial score (nSPS) is 30.3. The molecular weight excluding hydrogens is 246 g/mol. The van der Waals surface area contributed by atoms with Crippen LogP contribution in [0, 0.1) is 17.3 Å². The van der Waals surface area contributed by atoms with E-state index in [2.05, 4.69) is 26.1 Å². The van der Waals surface area contributed by atoms with Gasteiger partial charge in [-0.25, -0.2) is 0 Å². The molecule has 0 radical (unpaired) electrons. The molecule has 1 N–H and O–H groups in total. The highest BCUT2D eigenvalue weighted by molar-refractivity contribution is 5.00. The highest BCUT2D eigenvalue weighted by Crippen LogP contribution is 2.50. The number of ether oxygens (including phenoxy) is 1. The van der Waals surface area contributed by atoms with Crippen molar-refractivity contribution >= 4 is 0 Å². The largest absolute Gasteiger partial charge is 0.377 e. The Hall–Kier alpha value is -0.0800. The number of nitrogens with one attached hydrogen (secondary N) is 1. The minimum Gasteiger partial charge on any atom is -0.377 e. The van der Waals surface area contributed by atoms with E-state index in [0.717, 1.165) is 25.0 Å². The Morgan fingerprint density at radius 2 is 2.00 bits per heavy atom. The van der Waals surface area contributed by atoms with Crippen LogP contribution >= 0.6 is 0 Å². The van der Waals surface area contributed by atoms with Gasteiger partial charge in [0.1, 0.15) is 0 Å². The molecule has 2 nitrogen and oxygen atoms in total. The fourth-order valence-corrected chi connectivity index (χ4v) is 3.80. The van der Waals surface area contributed by atoms with Gasteiger partial charge in [-0.2, -0.15) is 0 Å². The van der Waals surface area contributed by atoms with Gasteiger partial charge in [0.05, 0.1) is 6.10 Å². The summed E-state index contributed by atoms with van der Waals surface area (Å²) in [6, 6.07) is 0. The summed E-state index contributed by atoms with van der Waals surface area (Å²) in [5.41, 5.74) is 0.448. The molecule has 1 aliphatic heterocycles. The highest BCUT2D eigenvalue weighted by Gasteiger charge is 2.50. The first-order valence-electron chi connectivity index (χ1n) is 9.00. The van der Waals surface area contributed by atoms with Gasteiger partial charge < -0.3 is 10.1 Å². The van der Waals surface area contributed by atoms with Crippen LogP contribution in [0.25, 0.3) is 0 Å². The average molecular weight is 281 g/mol. The topological polar surface area (TPSA) is 21.3 Å². The maximum atomic E-state index is 6.17. The molecule has 0 amide bonds. The van der Waals surface area contributed by atoms with Crippen LogP contribution in [-0.4, -0.2) is 25.8 Å². The second kappa shape index (κ2) is 7.79. The highest BCUT2D eigenvalue weighted by atomic mass is 16.5. The first kappa shape index (κ1) is 16.3. The lowest BCUT2D eigenvalue weighted by Crippen LogP contribution is -2.42. The lowest BCUT2D eigenvalue weighted by atomic mass is 9.74. The van der Waals surface area contributed by atoms with Gasteiger partial charge in [0.15, 0.2) is 0 Å². The Morgan fingerprint density at radius 3 is 2.65 bits per heavy atom. The zero-order chi connectivity index (χ0) is 14.4. The van der Waals surface area contributed by atoms with Gasteiger partial charge in [-0.3, -0.25) is 0 Å². The van der Waals surface area contributed by atoms with Gasteiger partial charge in [-0.05, 0) is 44.1 Å². The third-order valence-electron chi connectivity index (χ3n) is 5.11. The Labute approximate surface area is 126 Å². The predicted molar refractivity (Wildman–Crippen MR) is 86.0 cm³/mol. The molecule has 2 aliphatic rings. The summed E-state index contributed by atoms with van der Waals surface area (Å²) in [5.74, 6) is 1.62. The Morgan fingerprint density at radius 1 is 1.20 bits per heavy atom. The van der Waals surface area contributed by atoms with Crippen LogP contribution in [0.15, 0.2) is 0 Å². The molecule has 118 valence electrons. The maximum Gasteiger partial charge on any atom is 0.0672 e. The third-order valence-corrected chi connectivity index (χ3v) is 5.11. The van der Waals surface area contributed by atoms with Crippen LogP contribution < -0.4 is 5.32 Å². The van der Waals surface area contributed by atoms with Crippen molar-refractivity contribution in [3.05, 3.63) is 0 Å². The Kier molecular flexibility index (Phi) is 6.35. The van der Waals surface area contributed by atoms with Crippen molar-refractivity contribution in [2.45, 2.75) is 78.2 Å². The molecule has 1 heterocycles. The molecule has 2 atom stereocenters. The fraction of sp³-hybridized carbons (Fsp3) is 1.00. The van der Waals surface area contributed by atoms with E-state index < -0.39 is 0 Å². The molecule has 2 fully saturated rings. The molecule has 0 aromatic rings. The molecule has 20 heavy (non-hydrogen) atoms. The van der Waals surface area contributed by atoms with Gasteiger partial charge in [-0.15, -0.1) is 0 Å². The van der Waals surface area contributed by atoms with Crippen LogP contribution in [-0.2, 0) is 4.74 Å². The van der Waals surface area contributed by atoms with Crippen LogP contribution in [0.3, 0.4) is 0 Å².